The first-order chi connectivity index (χ1) is 24.7. The maximum atomic E-state index is 14.2. The second-order valence-corrected chi connectivity index (χ2v) is 12.5. The molecule has 0 saturated carbocycles. The number of fused-ring (bicyclic) bond motifs is 1. The lowest BCUT2D eigenvalue weighted by Gasteiger charge is -2.28. The van der Waals surface area contributed by atoms with Crippen molar-refractivity contribution in [2.45, 2.75) is 38.0 Å². The fourth-order valence-corrected chi connectivity index (χ4v) is 6.37. The van der Waals surface area contributed by atoms with Gasteiger partial charge in [-0.15, -0.1) is 5.10 Å². The molecule has 1 aromatic heterocycles. The van der Waals surface area contributed by atoms with E-state index in [9.17, 15) is 19.8 Å². The molecule has 1 aliphatic rings. The summed E-state index contributed by atoms with van der Waals surface area (Å²) in [6, 6.07) is 29.1. The SMILES string of the molecule is COc1ccc(C(=O)Nc2cccc(CN3C(=O)[C@](O)([C@H](C)/C=C/CCn4cc(C(CO)c5ccccc5)nn4)c4cc(OC)ccc43)c2)cc1. The van der Waals surface area contributed by atoms with Crippen molar-refractivity contribution < 1.29 is 29.3 Å². The number of ether oxygens (including phenoxy) is 2. The number of methoxy groups -OCH3 is 2. The lowest BCUT2D eigenvalue weighted by Crippen LogP contribution is -2.44. The molecule has 6 rings (SSSR count). The Morgan fingerprint density at radius 2 is 1.71 bits per heavy atom. The molecule has 0 aliphatic carbocycles. The number of aliphatic hydroxyl groups is 2. The third-order valence-corrected chi connectivity index (χ3v) is 9.26. The van der Waals surface area contributed by atoms with Crippen LogP contribution in [0.4, 0.5) is 11.4 Å². The first-order valence-electron chi connectivity index (χ1n) is 16.7. The van der Waals surface area contributed by atoms with Crippen molar-refractivity contribution in [2.75, 3.05) is 31.0 Å². The van der Waals surface area contributed by atoms with Crippen molar-refractivity contribution in [3.63, 3.8) is 0 Å². The van der Waals surface area contributed by atoms with Gasteiger partial charge in [0.2, 0.25) is 0 Å². The number of hydrogen-bond acceptors (Lipinski definition) is 8. The molecule has 0 bridgehead atoms. The van der Waals surface area contributed by atoms with E-state index >= 15 is 0 Å². The van der Waals surface area contributed by atoms with E-state index in [1.807, 2.05) is 73.8 Å². The van der Waals surface area contributed by atoms with E-state index in [0.717, 1.165) is 11.1 Å². The van der Waals surface area contributed by atoms with Gasteiger partial charge in [0.15, 0.2) is 5.60 Å². The van der Waals surface area contributed by atoms with Gasteiger partial charge in [0.25, 0.3) is 11.8 Å². The Bertz CT molecular complexity index is 2010. The van der Waals surface area contributed by atoms with Crippen LogP contribution in [0.3, 0.4) is 0 Å². The molecule has 51 heavy (non-hydrogen) atoms. The highest BCUT2D eigenvalue weighted by Gasteiger charge is 2.52. The molecule has 0 saturated heterocycles. The largest absolute Gasteiger partial charge is 0.497 e. The maximum Gasteiger partial charge on any atom is 0.264 e. The molecule has 1 unspecified atom stereocenters. The summed E-state index contributed by atoms with van der Waals surface area (Å²) < 4.78 is 12.4. The lowest BCUT2D eigenvalue weighted by molar-refractivity contribution is -0.139. The van der Waals surface area contributed by atoms with Gasteiger partial charge in [-0.25, -0.2) is 0 Å². The van der Waals surface area contributed by atoms with Crippen LogP contribution in [0.25, 0.3) is 0 Å². The van der Waals surface area contributed by atoms with E-state index in [4.69, 9.17) is 9.47 Å². The average molecular weight is 688 g/mol. The monoisotopic (exact) mass is 687 g/mol. The fraction of sp³-hybridized carbons (Fsp3) is 0.250. The number of nitrogens with one attached hydrogen (secondary N) is 1. The van der Waals surface area contributed by atoms with Gasteiger partial charge in [0, 0.05) is 35.5 Å². The molecular formula is C40H41N5O6. The number of nitrogens with zero attached hydrogens (tertiary/aromatic N) is 4. The van der Waals surface area contributed by atoms with Crippen molar-refractivity contribution >= 4 is 23.2 Å². The Labute approximate surface area is 296 Å². The number of benzene rings is 4. The predicted molar refractivity (Wildman–Crippen MR) is 194 cm³/mol. The number of rotatable bonds is 14. The summed E-state index contributed by atoms with van der Waals surface area (Å²) in [5.74, 6) is -0.389. The zero-order valence-corrected chi connectivity index (χ0v) is 28.8. The van der Waals surface area contributed by atoms with Gasteiger partial charge in [0.1, 0.15) is 11.5 Å². The highest BCUT2D eigenvalue weighted by atomic mass is 16.5. The van der Waals surface area contributed by atoms with Gasteiger partial charge in [-0.2, -0.15) is 0 Å². The zero-order valence-electron chi connectivity index (χ0n) is 28.8. The van der Waals surface area contributed by atoms with Crippen molar-refractivity contribution in [3.05, 3.63) is 143 Å². The number of aromatic nitrogens is 3. The minimum absolute atomic E-state index is 0.0808. The van der Waals surface area contributed by atoms with E-state index in [1.54, 1.807) is 72.3 Å². The topological polar surface area (TPSA) is 139 Å². The number of hydrogen-bond donors (Lipinski definition) is 3. The Kier molecular flexibility index (Phi) is 10.6. The number of carbonyl (C=O) groups excluding carboxylic acids is 2. The van der Waals surface area contributed by atoms with E-state index in [1.165, 1.54) is 0 Å². The standard InChI is InChI=1S/C40H41N5O6/c1-27(10-7-8-21-44-25-36(42-43-44)34(26-46)29-12-5-4-6-13-29)40(49)35-23-33(51-3)19-20-37(35)45(39(40)48)24-28-11-9-14-31(22-28)41-38(47)30-15-17-32(50-2)18-16-30/h4-7,9-20,22-23,25,27,34,46,49H,8,21,24,26H2,1-3H3,(H,41,47)/b10-7+/t27-,34?,40+/m1/s1. The molecule has 5 aromatic rings. The number of anilines is 2. The third kappa shape index (κ3) is 7.40. The van der Waals surface area contributed by atoms with Crippen molar-refractivity contribution in [1.29, 1.82) is 0 Å². The smallest absolute Gasteiger partial charge is 0.264 e. The van der Waals surface area contributed by atoms with Gasteiger partial charge in [-0.3, -0.25) is 14.3 Å². The molecule has 0 radical (unpaired) electrons. The van der Waals surface area contributed by atoms with Crippen molar-refractivity contribution in [3.8, 4) is 11.5 Å². The molecular weight excluding hydrogens is 646 g/mol. The number of carbonyl (C=O) groups is 2. The Morgan fingerprint density at radius 3 is 2.43 bits per heavy atom. The predicted octanol–water partition coefficient (Wildman–Crippen LogP) is 5.69. The molecule has 4 aromatic carbocycles. The average Bonchev–Trinajstić information content (AvgIpc) is 3.71. The van der Waals surface area contributed by atoms with E-state index in [0.29, 0.717) is 52.7 Å². The summed E-state index contributed by atoms with van der Waals surface area (Å²) in [5.41, 5.74) is 2.68. The van der Waals surface area contributed by atoms with Gasteiger partial charge in [-0.05, 0) is 72.1 Å². The minimum Gasteiger partial charge on any atom is -0.497 e. The van der Waals surface area contributed by atoms with Gasteiger partial charge >= 0.3 is 0 Å². The first kappa shape index (κ1) is 35.1. The third-order valence-electron chi connectivity index (χ3n) is 9.26. The molecule has 262 valence electrons. The molecule has 3 atom stereocenters. The Hall–Kier alpha value is -5.78. The molecule has 3 N–H and O–H groups in total. The van der Waals surface area contributed by atoms with Crippen molar-refractivity contribution in [2.24, 2.45) is 5.92 Å². The summed E-state index contributed by atoms with van der Waals surface area (Å²) in [6.45, 7) is 2.44. The van der Waals surface area contributed by atoms with Crippen LogP contribution in [0, 0.1) is 5.92 Å². The summed E-state index contributed by atoms with van der Waals surface area (Å²) in [6.07, 6.45) is 6.18. The van der Waals surface area contributed by atoms with Crippen LogP contribution >= 0.6 is 0 Å². The summed E-state index contributed by atoms with van der Waals surface area (Å²) in [4.78, 5) is 28.7. The van der Waals surface area contributed by atoms with Gasteiger partial charge < -0.3 is 29.9 Å². The second-order valence-electron chi connectivity index (χ2n) is 12.5. The van der Waals surface area contributed by atoms with Crippen LogP contribution in [0.15, 0.2) is 115 Å². The summed E-state index contributed by atoms with van der Waals surface area (Å²) in [5, 5.41) is 33.6. The van der Waals surface area contributed by atoms with Crippen LogP contribution in [0.1, 0.15) is 52.0 Å². The van der Waals surface area contributed by atoms with Gasteiger partial charge in [-0.1, -0.05) is 66.8 Å². The lowest BCUT2D eigenvalue weighted by atomic mass is 9.83. The maximum absolute atomic E-state index is 14.2. The highest BCUT2D eigenvalue weighted by molar-refractivity contribution is 6.07. The summed E-state index contributed by atoms with van der Waals surface area (Å²) >= 11 is 0. The van der Waals surface area contributed by atoms with Crippen LogP contribution in [-0.4, -0.2) is 57.8 Å². The minimum atomic E-state index is -1.84. The quantitative estimate of drug-likeness (QED) is 0.127. The molecule has 0 spiro atoms. The van der Waals surface area contributed by atoms with Crippen LogP contribution < -0.4 is 19.7 Å². The first-order valence-corrected chi connectivity index (χ1v) is 16.7. The number of aliphatic hydroxyl groups excluding tert-OH is 1. The second kappa shape index (κ2) is 15.4. The molecule has 2 heterocycles. The van der Waals surface area contributed by atoms with Crippen molar-refractivity contribution in [1.82, 2.24) is 15.0 Å². The molecule has 1 aliphatic heterocycles. The zero-order chi connectivity index (χ0) is 36.0. The van der Waals surface area contributed by atoms with Crippen LogP contribution in [0.2, 0.25) is 0 Å². The van der Waals surface area contributed by atoms with E-state index in [-0.39, 0.29) is 25.0 Å². The Morgan fingerprint density at radius 1 is 0.961 bits per heavy atom. The molecule has 11 heteroatoms. The normalized spacial score (nSPS) is 16.6. The molecule has 11 nitrogen and oxygen atoms in total. The molecule has 2 amide bonds. The van der Waals surface area contributed by atoms with Gasteiger partial charge in [0.05, 0.1) is 44.7 Å². The van der Waals surface area contributed by atoms with Crippen LogP contribution in [0.5, 0.6) is 11.5 Å². The number of allylic oxidation sites excluding steroid dienone is 1. The Balaban J connectivity index is 1.15. The fourth-order valence-electron chi connectivity index (χ4n) is 6.37. The number of amides is 2. The van der Waals surface area contributed by atoms with E-state index < -0.39 is 17.4 Å². The van der Waals surface area contributed by atoms with E-state index in [2.05, 4.69) is 15.6 Å². The highest BCUT2D eigenvalue weighted by Crippen LogP contribution is 2.47. The summed E-state index contributed by atoms with van der Waals surface area (Å²) in [7, 11) is 3.11. The van der Waals surface area contributed by atoms with Crippen LogP contribution in [-0.2, 0) is 23.5 Å². The number of aryl methyl sites for hydroxylation is 1. The molecule has 0 fully saturated rings.